The number of nitrogens with two attached hydrogens (primary N) is 1. The third-order valence-electron chi connectivity index (χ3n) is 6.55. The number of fused-ring (bicyclic) bond motifs is 1. The highest BCUT2D eigenvalue weighted by atomic mass is 19.1. The first-order valence-corrected chi connectivity index (χ1v) is 13.4. The zero-order valence-corrected chi connectivity index (χ0v) is 23.9. The predicted molar refractivity (Wildman–Crippen MR) is 159 cm³/mol. The molecule has 0 saturated carbocycles. The van der Waals surface area contributed by atoms with Crippen LogP contribution in [0.4, 0.5) is 10.1 Å². The van der Waals surface area contributed by atoms with Gasteiger partial charge < -0.3 is 20.4 Å². The molecule has 1 aliphatic rings. The molecule has 40 heavy (non-hydrogen) atoms. The fourth-order valence-electron chi connectivity index (χ4n) is 4.44. The molecular formula is C31H38FN5O3. The maximum absolute atomic E-state index is 15.6. The van der Waals surface area contributed by atoms with E-state index < -0.39 is 5.82 Å². The SMILES string of the molecule is CCCN(CCC)C(=O)C1=Cc2c(F)cc(-c3ccc(C=O)c(/C=C\N(C)CC(=O)N(C)C)c3)cc2N=C(N)C1. The van der Waals surface area contributed by atoms with Crippen LogP contribution in [0.15, 0.2) is 47.1 Å². The fraction of sp³-hybridized carbons (Fsp3) is 0.355. The molecule has 0 aromatic heterocycles. The zero-order valence-electron chi connectivity index (χ0n) is 23.9. The molecule has 2 amide bonds. The molecule has 1 heterocycles. The van der Waals surface area contributed by atoms with Crippen molar-refractivity contribution in [2.24, 2.45) is 10.7 Å². The maximum Gasteiger partial charge on any atom is 0.250 e. The number of benzene rings is 2. The van der Waals surface area contributed by atoms with Gasteiger partial charge in [-0.05, 0) is 66.1 Å². The number of likely N-dealkylation sites (N-methyl/N-ethyl adjacent to an activating group) is 2. The Morgan fingerprint density at radius 1 is 1.02 bits per heavy atom. The number of hydrogen-bond donors (Lipinski definition) is 1. The lowest BCUT2D eigenvalue weighted by Gasteiger charge is -2.22. The number of amidine groups is 1. The van der Waals surface area contributed by atoms with E-state index in [1.807, 2.05) is 13.8 Å². The molecule has 0 atom stereocenters. The van der Waals surface area contributed by atoms with E-state index in [9.17, 15) is 14.4 Å². The summed E-state index contributed by atoms with van der Waals surface area (Å²) in [5, 5.41) is 0. The van der Waals surface area contributed by atoms with Gasteiger partial charge in [0.2, 0.25) is 11.8 Å². The third kappa shape index (κ3) is 7.43. The highest BCUT2D eigenvalue weighted by Crippen LogP contribution is 2.35. The van der Waals surface area contributed by atoms with Crippen LogP contribution in [0.5, 0.6) is 0 Å². The Morgan fingerprint density at radius 3 is 2.35 bits per heavy atom. The Labute approximate surface area is 235 Å². The number of amides is 2. The molecule has 2 N–H and O–H groups in total. The highest BCUT2D eigenvalue weighted by molar-refractivity contribution is 6.05. The van der Waals surface area contributed by atoms with Crippen molar-refractivity contribution in [3.05, 3.63) is 64.6 Å². The molecule has 0 spiro atoms. The molecule has 3 rings (SSSR count). The summed E-state index contributed by atoms with van der Waals surface area (Å²) in [5.74, 6) is -0.499. The molecule has 0 saturated heterocycles. The number of aldehydes is 1. The molecule has 8 nitrogen and oxygen atoms in total. The van der Waals surface area contributed by atoms with E-state index in [1.54, 1.807) is 73.6 Å². The smallest absolute Gasteiger partial charge is 0.250 e. The number of carbonyl (C=O) groups is 3. The van der Waals surface area contributed by atoms with E-state index in [0.29, 0.717) is 46.6 Å². The lowest BCUT2D eigenvalue weighted by molar-refractivity contribution is -0.129. The Morgan fingerprint density at radius 2 is 1.73 bits per heavy atom. The summed E-state index contributed by atoms with van der Waals surface area (Å²) in [6.45, 7) is 5.44. The Hall–Kier alpha value is -4.27. The summed E-state index contributed by atoms with van der Waals surface area (Å²) in [4.78, 5) is 46.4. The number of aliphatic imine (C=N–C) groups is 1. The molecule has 0 radical (unpaired) electrons. The third-order valence-corrected chi connectivity index (χ3v) is 6.55. The van der Waals surface area contributed by atoms with Crippen LogP contribution in [0.2, 0.25) is 0 Å². The van der Waals surface area contributed by atoms with Gasteiger partial charge in [-0.15, -0.1) is 0 Å². The van der Waals surface area contributed by atoms with Gasteiger partial charge in [0.25, 0.3) is 0 Å². The number of rotatable bonds is 11. The molecule has 2 aromatic rings. The summed E-state index contributed by atoms with van der Waals surface area (Å²) in [5.41, 5.74) is 9.46. The average Bonchev–Trinajstić information content (AvgIpc) is 3.09. The molecule has 0 aliphatic carbocycles. The Balaban J connectivity index is 1.99. The minimum Gasteiger partial charge on any atom is -0.387 e. The van der Waals surface area contributed by atoms with E-state index in [1.165, 1.54) is 11.0 Å². The summed E-state index contributed by atoms with van der Waals surface area (Å²) >= 11 is 0. The van der Waals surface area contributed by atoms with Crippen molar-refractivity contribution in [1.29, 1.82) is 0 Å². The minimum absolute atomic E-state index is 0.0564. The standard InChI is InChI=1S/C31H38FN5O3/c1-6-11-37(12-7-2)31(40)25-15-26-27(32)16-24(17-28(26)34-29(33)18-25)21-8-9-23(20-38)22(14-21)10-13-36(5)19-30(39)35(3)4/h8-10,13-17,20H,6-7,11-12,18-19H2,1-5H3,(H2,33,34)/b13-10-. The number of halogens is 1. The zero-order chi connectivity index (χ0) is 29.4. The van der Waals surface area contributed by atoms with Crippen molar-refractivity contribution in [1.82, 2.24) is 14.7 Å². The Kier molecular flexibility index (Phi) is 10.4. The summed E-state index contributed by atoms with van der Waals surface area (Å²) in [6.07, 6.45) is 7.56. The topological polar surface area (TPSA) is 99.3 Å². The van der Waals surface area contributed by atoms with Crippen LogP contribution in [-0.4, -0.2) is 79.4 Å². The van der Waals surface area contributed by atoms with Gasteiger partial charge in [-0.25, -0.2) is 9.38 Å². The van der Waals surface area contributed by atoms with Crippen molar-refractivity contribution in [2.45, 2.75) is 33.1 Å². The summed E-state index contributed by atoms with van der Waals surface area (Å²) in [6, 6.07) is 8.32. The normalized spacial score (nSPS) is 12.8. The van der Waals surface area contributed by atoms with Crippen molar-refractivity contribution in [3.8, 4) is 11.1 Å². The summed E-state index contributed by atoms with van der Waals surface area (Å²) in [7, 11) is 5.14. The van der Waals surface area contributed by atoms with E-state index in [4.69, 9.17) is 5.73 Å². The maximum atomic E-state index is 15.6. The van der Waals surface area contributed by atoms with Crippen LogP contribution in [0.25, 0.3) is 23.3 Å². The van der Waals surface area contributed by atoms with Crippen molar-refractivity contribution < 1.29 is 18.8 Å². The van der Waals surface area contributed by atoms with E-state index in [2.05, 4.69) is 4.99 Å². The van der Waals surface area contributed by atoms with E-state index in [0.717, 1.165) is 19.1 Å². The van der Waals surface area contributed by atoms with Crippen molar-refractivity contribution >= 4 is 41.8 Å². The monoisotopic (exact) mass is 547 g/mol. The fourth-order valence-corrected chi connectivity index (χ4v) is 4.44. The first kappa shape index (κ1) is 30.3. The molecule has 1 aliphatic heterocycles. The van der Waals surface area contributed by atoms with Gasteiger partial charge in [0.1, 0.15) is 11.7 Å². The van der Waals surface area contributed by atoms with E-state index >= 15 is 4.39 Å². The Bertz CT molecular complexity index is 1360. The lowest BCUT2D eigenvalue weighted by atomic mass is 9.97. The van der Waals surface area contributed by atoms with Crippen LogP contribution in [-0.2, 0) is 9.59 Å². The van der Waals surface area contributed by atoms with E-state index in [-0.39, 0.29) is 36.2 Å². The van der Waals surface area contributed by atoms with Crippen LogP contribution in [0, 0.1) is 5.82 Å². The van der Waals surface area contributed by atoms with Crippen LogP contribution in [0.3, 0.4) is 0 Å². The number of hydrogen-bond acceptors (Lipinski definition) is 6. The second kappa shape index (κ2) is 13.7. The van der Waals surface area contributed by atoms with Crippen molar-refractivity contribution in [2.75, 3.05) is 40.8 Å². The van der Waals surface area contributed by atoms with Gasteiger partial charge in [0.15, 0.2) is 6.29 Å². The first-order valence-electron chi connectivity index (χ1n) is 13.4. The highest BCUT2D eigenvalue weighted by Gasteiger charge is 2.23. The second-order valence-corrected chi connectivity index (χ2v) is 10.1. The molecule has 0 fully saturated rings. The number of nitrogens with zero attached hydrogens (tertiary/aromatic N) is 4. The molecular weight excluding hydrogens is 509 g/mol. The van der Waals surface area contributed by atoms with Gasteiger partial charge in [-0.2, -0.15) is 0 Å². The predicted octanol–water partition coefficient (Wildman–Crippen LogP) is 4.72. The van der Waals surface area contributed by atoms with Crippen LogP contribution < -0.4 is 5.73 Å². The van der Waals surface area contributed by atoms with Gasteiger partial charge in [0, 0.05) is 57.4 Å². The quantitative estimate of drug-likeness (QED) is 0.411. The van der Waals surface area contributed by atoms with Crippen LogP contribution >= 0.6 is 0 Å². The first-order chi connectivity index (χ1) is 19.1. The second-order valence-electron chi connectivity index (χ2n) is 10.1. The van der Waals surface area contributed by atoms with Gasteiger partial charge in [-0.1, -0.05) is 26.0 Å². The minimum atomic E-state index is -0.521. The largest absolute Gasteiger partial charge is 0.387 e. The average molecular weight is 548 g/mol. The van der Waals surface area contributed by atoms with Gasteiger partial charge in [-0.3, -0.25) is 14.4 Å². The van der Waals surface area contributed by atoms with Crippen molar-refractivity contribution in [3.63, 3.8) is 0 Å². The number of carbonyl (C=O) groups excluding carboxylic acids is 3. The molecule has 0 bridgehead atoms. The van der Waals surface area contributed by atoms with Gasteiger partial charge >= 0.3 is 0 Å². The molecule has 9 heteroatoms. The molecule has 0 unspecified atom stereocenters. The lowest BCUT2D eigenvalue weighted by Crippen LogP contribution is -2.34. The van der Waals surface area contributed by atoms with Gasteiger partial charge in [0.05, 0.1) is 12.2 Å². The molecule has 212 valence electrons. The summed E-state index contributed by atoms with van der Waals surface area (Å²) < 4.78 is 15.6. The van der Waals surface area contributed by atoms with Crippen LogP contribution in [0.1, 0.15) is 54.6 Å². The molecule has 2 aromatic carbocycles.